The first-order valence-corrected chi connectivity index (χ1v) is 8.51. The molecule has 2 aromatic carbocycles. The zero-order chi connectivity index (χ0) is 17.8. The zero-order valence-corrected chi connectivity index (χ0v) is 14.4. The number of rotatable bonds is 4. The van der Waals surface area contributed by atoms with Gasteiger partial charge in [0.2, 0.25) is 0 Å². The Balaban J connectivity index is 2.38. The Kier molecular flexibility index (Phi) is 4.94. The molecule has 0 aromatic heterocycles. The van der Waals surface area contributed by atoms with Gasteiger partial charge in [0.1, 0.15) is 0 Å². The number of hydrogen-bond acceptors (Lipinski definition) is 3. The van der Waals surface area contributed by atoms with Gasteiger partial charge in [0.05, 0.1) is 11.1 Å². The van der Waals surface area contributed by atoms with Crippen molar-refractivity contribution in [2.45, 2.75) is 26.7 Å². The van der Waals surface area contributed by atoms with E-state index in [2.05, 4.69) is 0 Å². The first kappa shape index (κ1) is 16.9. The number of carbonyl (C=O) groups is 2. The summed E-state index contributed by atoms with van der Waals surface area (Å²) in [7, 11) is 0. The molecule has 0 unspecified atom stereocenters. The van der Waals surface area contributed by atoms with Crippen molar-refractivity contribution in [1.82, 2.24) is 0 Å². The third-order valence-electron chi connectivity index (χ3n) is 4.43. The van der Waals surface area contributed by atoms with Crippen LogP contribution in [0.4, 0.5) is 0 Å². The van der Waals surface area contributed by atoms with Crippen LogP contribution in [0.15, 0.2) is 77.4 Å². The molecular weight excluding hydrogens is 312 g/mol. The van der Waals surface area contributed by atoms with E-state index in [0.717, 1.165) is 22.3 Å². The van der Waals surface area contributed by atoms with Crippen molar-refractivity contribution in [2.75, 3.05) is 0 Å². The molecule has 1 heterocycles. The highest BCUT2D eigenvalue weighted by molar-refractivity contribution is 6.23. The third-order valence-corrected chi connectivity index (χ3v) is 4.43. The summed E-state index contributed by atoms with van der Waals surface area (Å²) in [6.07, 6.45) is 1.41. The van der Waals surface area contributed by atoms with Crippen molar-refractivity contribution in [3.63, 3.8) is 0 Å². The standard InChI is InChI=1S/C22H20O3/c1-3-15(4-2)19-20(22(24)25-21(19)23)18(16-11-7-5-8-12-16)17-13-9-6-10-14-17/h5-14H,3-4H2,1-2H3. The largest absolute Gasteiger partial charge is 0.386 e. The Hall–Kier alpha value is -2.94. The minimum atomic E-state index is -0.567. The number of esters is 2. The number of benzene rings is 2. The van der Waals surface area contributed by atoms with E-state index in [-0.39, 0.29) is 0 Å². The van der Waals surface area contributed by atoms with Crippen molar-refractivity contribution in [1.29, 1.82) is 0 Å². The van der Waals surface area contributed by atoms with E-state index in [0.29, 0.717) is 24.0 Å². The van der Waals surface area contributed by atoms with E-state index < -0.39 is 11.9 Å². The predicted molar refractivity (Wildman–Crippen MR) is 97.6 cm³/mol. The summed E-state index contributed by atoms with van der Waals surface area (Å²) in [5.74, 6) is -1.11. The molecule has 1 fully saturated rings. The second-order valence-corrected chi connectivity index (χ2v) is 5.84. The van der Waals surface area contributed by atoms with Gasteiger partial charge in [0, 0.05) is 5.57 Å². The minimum absolute atomic E-state index is 0.376. The number of hydrogen-bond donors (Lipinski definition) is 0. The highest BCUT2D eigenvalue weighted by Crippen LogP contribution is 2.37. The summed E-state index contributed by atoms with van der Waals surface area (Å²) in [6, 6.07) is 19.3. The first-order chi connectivity index (χ1) is 12.2. The lowest BCUT2D eigenvalue weighted by Crippen LogP contribution is -2.04. The van der Waals surface area contributed by atoms with Gasteiger partial charge in [-0.3, -0.25) is 0 Å². The summed E-state index contributed by atoms with van der Waals surface area (Å²) < 4.78 is 5.00. The van der Waals surface area contributed by atoms with Gasteiger partial charge in [-0.25, -0.2) is 9.59 Å². The average Bonchev–Trinajstić information content (AvgIpc) is 2.93. The SMILES string of the molecule is CCC(CC)=C1C(=O)OC(=O)C1=C(c1ccccc1)c1ccccc1. The van der Waals surface area contributed by atoms with Crippen LogP contribution in [-0.2, 0) is 14.3 Å². The number of carbonyl (C=O) groups excluding carboxylic acids is 2. The Labute approximate surface area is 147 Å². The van der Waals surface area contributed by atoms with Crippen molar-refractivity contribution in [3.05, 3.63) is 88.5 Å². The Morgan fingerprint density at radius 1 is 0.720 bits per heavy atom. The lowest BCUT2D eigenvalue weighted by Gasteiger charge is -2.13. The first-order valence-electron chi connectivity index (χ1n) is 8.51. The molecule has 0 spiro atoms. The molecular formula is C22H20O3. The normalized spacial score (nSPS) is 13.8. The topological polar surface area (TPSA) is 43.4 Å². The lowest BCUT2D eigenvalue weighted by atomic mass is 9.87. The number of cyclic esters (lactones) is 2. The maximum Gasteiger partial charge on any atom is 0.347 e. The molecule has 25 heavy (non-hydrogen) atoms. The van der Waals surface area contributed by atoms with E-state index in [4.69, 9.17) is 4.74 Å². The summed E-state index contributed by atoms with van der Waals surface area (Å²) in [4.78, 5) is 25.0. The van der Waals surface area contributed by atoms with Gasteiger partial charge < -0.3 is 4.74 Å². The van der Waals surface area contributed by atoms with Crippen LogP contribution in [0.2, 0.25) is 0 Å². The van der Waals surface area contributed by atoms with Crippen LogP contribution in [0.25, 0.3) is 5.57 Å². The van der Waals surface area contributed by atoms with E-state index in [1.54, 1.807) is 0 Å². The minimum Gasteiger partial charge on any atom is -0.386 e. The Morgan fingerprint density at radius 3 is 1.60 bits per heavy atom. The molecule has 1 saturated heterocycles. The monoisotopic (exact) mass is 332 g/mol. The van der Waals surface area contributed by atoms with Crippen LogP contribution < -0.4 is 0 Å². The second kappa shape index (κ2) is 7.31. The van der Waals surface area contributed by atoms with Crippen LogP contribution in [0.3, 0.4) is 0 Å². The van der Waals surface area contributed by atoms with E-state index in [1.165, 1.54) is 0 Å². The molecule has 0 bridgehead atoms. The fourth-order valence-corrected chi connectivity index (χ4v) is 3.21. The van der Waals surface area contributed by atoms with Gasteiger partial charge in [-0.1, -0.05) is 80.1 Å². The van der Waals surface area contributed by atoms with Crippen molar-refractivity contribution >= 4 is 17.5 Å². The molecule has 0 amide bonds. The van der Waals surface area contributed by atoms with Crippen LogP contribution >= 0.6 is 0 Å². The summed E-state index contributed by atoms with van der Waals surface area (Å²) >= 11 is 0. The fourth-order valence-electron chi connectivity index (χ4n) is 3.21. The molecule has 2 aromatic rings. The molecule has 3 rings (SSSR count). The second-order valence-electron chi connectivity index (χ2n) is 5.84. The van der Waals surface area contributed by atoms with E-state index in [1.807, 2.05) is 74.5 Å². The van der Waals surface area contributed by atoms with Gasteiger partial charge >= 0.3 is 11.9 Å². The molecule has 0 saturated carbocycles. The third kappa shape index (κ3) is 3.18. The van der Waals surface area contributed by atoms with Crippen LogP contribution in [0.1, 0.15) is 37.8 Å². The maximum absolute atomic E-state index is 12.6. The average molecular weight is 332 g/mol. The quantitative estimate of drug-likeness (QED) is 0.463. The molecule has 126 valence electrons. The summed E-state index contributed by atoms with van der Waals surface area (Å²) in [5.41, 5.74) is 4.26. The zero-order valence-electron chi connectivity index (χ0n) is 14.4. The van der Waals surface area contributed by atoms with Gasteiger partial charge in [-0.15, -0.1) is 0 Å². The Morgan fingerprint density at radius 2 is 1.16 bits per heavy atom. The van der Waals surface area contributed by atoms with Crippen LogP contribution in [-0.4, -0.2) is 11.9 Å². The molecule has 0 radical (unpaired) electrons. The summed E-state index contributed by atoms with van der Waals surface area (Å²) in [6.45, 7) is 3.98. The van der Waals surface area contributed by atoms with Gasteiger partial charge in [0.25, 0.3) is 0 Å². The molecule has 0 N–H and O–H groups in total. The molecule has 0 atom stereocenters. The van der Waals surface area contributed by atoms with E-state index >= 15 is 0 Å². The van der Waals surface area contributed by atoms with Crippen molar-refractivity contribution < 1.29 is 14.3 Å². The van der Waals surface area contributed by atoms with Crippen LogP contribution in [0.5, 0.6) is 0 Å². The van der Waals surface area contributed by atoms with Gasteiger partial charge in [-0.2, -0.15) is 0 Å². The Bertz CT molecular complexity index is 811. The highest BCUT2D eigenvalue weighted by atomic mass is 16.6. The molecule has 1 aliphatic rings. The van der Waals surface area contributed by atoms with Gasteiger partial charge in [-0.05, 0) is 24.0 Å². The van der Waals surface area contributed by atoms with Crippen molar-refractivity contribution in [3.8, 4) is 0 Å². The van der Waals surface area contributed by atoms with Crippen LogP contribution in [0, 0.1) is 0 Å². The van der Waals surface area contributed by atoms with Crippen molar-refractivity contribution in [2.24, 2.45) is 0 Å². The molecule has 0 aliphatic carbocycles. The lowest BCUT2D eigenvalue weighted by molar-refractivity contribution is -0.149. The summed E-state index contributed by atoms with van der Waals surface area (Å²) in [5, 5.41) is 0. The molecule has 3 nitrogen and oxygen atoms in total. The smallest absolute Gasteiger partial charge is 0.347 e. The van der Waals surface area contributed by atoms with Gasteiger partial charge in [0.15, 0.2) is 0 Å². The van der Waals surface area contributed by atoms with E-state index in [9.17, 15) is 9.59 Å². The molecule has 1 aliphatic heterocycles. The fraction of sp³-hybridized carbons (Fsp3) is 0.182. The highest BCUT2D eigenvalue weighted by Gasteiger charge is 2.38. The number of allylic oxidation sites excluding steroid dienone is 1. The molecule has 3 heteroatoms. The predicted octanol–water partition coefficient (Wildman–Crippen LogP) is 4.69. The number of ether oxygens (including phenoxy) is 1. The maximum atomic E-state index is 12.6.